The first-order valence-electron chi connectivity index (χ1n) is 7.36. The van der Waals surface area contributed by atoms with Crippen LogP contribution in [0.3, 0.4) is 0 Å². The fourth-order valence-corrected chi connectivity index (χ4v) is 3.63. The number of imidazole rings is 1. The quantitative estimate of drug-likeness (QED) is 0.906. The maximum atomic E-state index is 6.17. The Bertz CT molecular complexity index is 591. The second kappa shape index (κ2) is 4.55. The van der Waals surface area contributed by atoms with E-state index in [1.54, 1.807) is 0 Å². The van der Waals surface area contributed by atoms with E-state index in [4.69, 9.17) is 5.73 Å². The maximum Gasteiger partial charge on any atom is 0.201 e. The predicted octanol–water partition coefficient (Wildman–Crippen LogP) is 3.90. The van der Waals surface area contributed by atoms with Gasteiger partial charge >= 0.3 is 0 Å². The smallest absolute Gasteiger partial charge is 0.201 e. The van der Waals surface area contributed by atoms with E-state index in [0.717, 1.165) is 12.1 Å². The Labute approximate surface area is 114 Å². The van der Waals surface area contributed by atoms with E-state index in [1.165, 1.54) is 43.2 Å². The van der Waals surface area contributed by atoms with E-state index in [2.05, 4.69) is 41.6 Å². The van der Waals surface area contributed by atoms with Crippen molar-refractivity contribution in [2.24, 2.45) is 5.41 Å². The van der Waals surface area contributed by atoms with E-state index in [-0.39, 0.29) is 0 Å². The lowest BCUT2D eigenvalue weighted by Gasteiger charge is -2.28. The van der Waals surface area contributed by atoms with Crippen LogP contribution in [0.2, 0.25) is 0 Å². The summed E-state index contributed by atoms with van der Waals surface area (Å²) >= 11 is 0. The average Bonchev–Trinajstić information content (AvgIpc) is 2.97. The predicted molar refractivity (Wildman–Crippen MR) is 80.1 cm³/mol. The van der Waals surface area contributed by atoms with Crippen molar-refractivity contribution in [2.45, 2.75) is 52.5 Å². The van der Waals surface area contributed by atoms with Crippen LogP contribution in [-0.2, 0) is 6.54 Å². The van der Waals surface area contributed by atoms with E-state index >= 15 is 0 Å². The number of aromatic nitrogens is 2. The number of rotatable bonds is 3. The number of benzene rings is 1. The summed E-state index contributed by atoms with van der Waals surface area (Å²) in [7, 11) is 0. The van der Waals surface area contributed by atoms with Gasteiger partial charge in [-0.25, -0.2) is 4.98 Å². The van der Waals surface area contributed by atoms with E-state index < -0.39 is 0 Å². The molecule has 3 rings (SSSR count). The lowest BCUT2D eigenvalue weighted by atomic mass is 9.83. The Hall–Kier alpha value is -1.51. The van der Waals surface area contributed by atoms with Gasteiger partial charge in [0.1, 0.15) is 0 Å². The molecule has 3 nitrogen and oxygen atoms in total. The van der Waals surface area contributed by atoms with E-state index in [1.807, 2.05) is 0 Å². The van der Waals surface area contributed by atoms with Crippen LogP contribution in [0.4, 0.5) is 5.95 Å². The van der Waals surface area contributed by atoms with Gasteiger partial charge in [-0.3, -0.25) is 0 Å². The third kappa shape index (κ3) is 2.01. The number of nitrogens with zero attached hydrogens (tertiary/aromatic N) is 2. The third-order valence-electron chi connectivity index (χ3n) is 4.91. The fourth-order valence-electron chi connectivity index (χ4n) is 3.63. The summed E-state index contributed by atoms with van der Waals surface area (Å²) in [6.45, 7) is 5.48. The molecule has 0 saturated heterocycles. The molecule has 0 bridgehead atoms. The van der Waals surface area contributed by atoms with Crippen LogP contribution >= 0.6 is 0 Å². The Morgan fingerprint density at radius 2 is 2.05 bits per heavy atom. The first-order valence-corrected chi connectivity index (χ1v) is 7.36. The van der Waals surface area contributed by atoms with Crippen molar-refractivity contribution in [3.63, 3.8) is 0 Å². The number of anilines is 1. The van der Waals surface area contributed by atoms with Gasteiger partial charge in [-0.1, -0.05) is 31.9 Å². The Kier molecular flexibility index (Phi) is 3.00. The molecule has 1 saturated carbocycles. The van der Waals surface area contributed by atoms with Crippen molar-refractivity contribution in [3.05, 3.63) is 23.8 Å². The molecule has 1 aliphatic rings. The molecular weight excluding hydrogens is 234 g/mol. The van der Waals surface area contributed by atoms with Gasteiger partial charge in [0.25, 0.3) is 0 Å². The molecule has 1 aliphatic carbocycles. The molecule has 1 aromatic heterocycles. The first kappa shape index (κ1) is 12.5. The molecule has 0 radical (unpaired) electrons. The molecule has 102 valence electrons. The Balaban J connectivity index is 2.07. The average molecular weight is 257 g/mol. The monoisotopic (exact) mass is 257 g/mol. The van der Waals surface area contributed by atoms with Crippen molar-refractivity contribution in [3.8, 4) is 0 Å². The van der Waals surface area contributed by atoms with Crippen molar-refractivity contribution in [1.82, 2.24) is 9.55 Å². The lowest BCUT2D eigenvalue weighted by Crippen LogP contribution is -2.23. The van der Waals surface area contributed by atoms with E-state index in [0.29, 0.717) is 11.4 Å². The molecule has 3 heteroatoms. The molecule has 0 unspecified atom stereocenters. The Morgan fingerprint density at radius 1 is 1.32 bits per heavy atom. The summed E-state index contributed by atoms with van der Waals surface area (Å²) in [6.07, 6.45) is 6.61. The van der Waals surface area contributed by atoms with Crippen molar-refractivity contribution >= 4 is 17.0 Å². The van der Waals surface area contributed by atoms with Crippen LogP contribution in [-0.4, -0.2) is 9.55 Å². The first-order chi connectivity index (χ1) is 9.15. The minimum absolute atomic E-state index is 0.435. The summed E-state index contributed by atoms with van der Waals surface area (Å²) in [5, 5.41) is 0. The SMILES string of the molecule is CCC1(Cn2c(N)nc3cccc(C)c32)CCCC1. The van der Waals surface area contributed by atoms with Gasteiger partial charge in [-0.2, -0.15) is 0 Å². The van der Waals surface area contributed by atoms with Gasteiger partial charge in [0.15, 0.2) is 0 Å². The van der Waals surface area contributed by atoms with Gasteiger partial charge in [-0.05, 0) is 43.2 Å². The topological polar surface area (TPSA) is 43.8 Å². The summed E-state index contributed by atoms with van der Waals surface area (Å²) in [6, 6.07) is 6.26. The summed E-state index contributed by atoms with van der Waals surface area (Å²) in [5.41, 5.74) is 10.1. The van der Waals surface area contributed by atoms with Gasteiger partial charge in [-0.15, -0.1) is 0 Å². The standard InChI is InChI=1S/C16H23N3/c1-3-16(9-4-5-10-16)11-19-14-12(2)7-6-8-13(14)18-15(19)17/h6-8H,3-5,9-11H2,1-2H3,(H2,17,18). The van der Waals surface area contributed by atoms with Gasteiger partial charge in [0.2, 0.25) is 5.95 Å². The number of hydrogen-bond acceptors (Lipinski definition) is 2. The molecule has 0 amide bonds. The summed E-state index contributed by atoms with van der Waals surface area (Å²) in [4.78, 5) is 4.52. The van der Waals surface area contributed by atoms with Crippen LogP contribution in [0.25, 0.3) is 11.0 Å². The second-order valence-electron chi connectivity index (χ2n) is 6.06. The van der Waals surface area contributed by atoms with Gasteiger partial charge < -0.3 is 10.3 Å². The van der Waals surface area contributed by atoms with Gasteiger partial charge in [0.05, 0.1) is 11.0 Å². The number of aryl methyl sites for hydroxylation is 1. The molecule has 1 heterocycles. The molecule has 1 aromatic carbocycles. The molecule has 2 N–H and O–H groups in total. The van der Waals surface area contributed by atoms with Crippen LogP contribution in [0.5, 0.6) is 0 Å². The zero-order valence-corrected chi connectivity index (χ0v) is 11.9. The van der Waals surface area contributed by atoms with Crippen LogP contribution < -0.4 is 5.73 Å². The summed E-state index contributed by atoms with van der Waals surface area (Å²) < 4.78 is 2.25. The number of nitrogen functional groups attached to an aromatic ring is 1. The normalized spacial score (nSPS) is 18.2. The van der Waals surface area contributed by atoms with Crippen molar-refractivity contribution in [1.29, 1.82) is 0 Å². The highest BCUT2D eigenvalue weighted by Crippen LogP contribution is 2.43. The number of hydrogen-bond donors (Lipinski definition) is 1. The number of fused-ring (bicyclic) bond motifs is 1. The molecule has 0 atom stereocenters. The van der Waals surface area contributed by atoms with E-state index in [9.17, 15) is 0 Å². The Morgan fingerprint density at radius 3 is 2.74 bits per heavy atom. The molecule has 0 spiro atoms. The third-order valence-corrected chi connectivity index (χ3v) is 4.91. The fraction of sp³-hybridized carbons (Fsp3) is 0.562. The molecular formula is C16H23N3. The zero-order valence-electron chi connectivity index (χ0n) is 11.9. The van der Waals surface area contributed by atoms with Crippen LogP contribution in [0, 0.1) is 12.3 Å². The highest BCUT2D eigenvalue weighted by atomic mass is 15.2. The van der Waals surface area contributed by atoms with Crippen LogP contribution in [0.1, 0.15) is 44.6 Å². The second-order valence-corrected chi connectivity index (χ2v) is 6.06. The lowest BCUT2D eigenvalue weighted by molar-refractivity contribution is 0.242. The van der Waals surface area contributed by atoms with Crippen molar-refractivity contribution in [2.75, 3.05) is 5.73 Å². The molecule has 0 aliphatic heterocycles. The number of para-hydroxylation sites is 1. The minimum atomic E-state index is 0.435. The molecule has 2 aromatic rings. The van der Waals surface area contributed by atoms with Gasteiger partial charge in [0, 0.05) is 6.54 Å². The maximum absolute atomic E-state index is 6.17. The van der Waals surface area contributed by atoms with Crippen LogP contribution in [0.15, 0.2) is 18.2 Å². The van der Waals surface area contributed by atoms with Crippen molar-refractivity contribution < 1.29 is 0 Å². The molecule has 1 fully saturated rings. The highest BCUT2D eigenvalue weighted by Gasteiger charge is 2.33. The highest BCUT2D eigenvalue weighted by molar-refractivity contribution is 5.81. The zero-order chi connectivity index (χ0) is 13.5. The largest absolute Gasteiger partial charge is 0.369 e. The number of nitrogens with two attached hydrogens (primary N) is 1. The summed E-state index contributed by atoms with van der Waals surface area (Å²) in [5.74, 6) is 0.670. The minimum Gasteiger partial charge on any atom is -0.369 e. The molecule has 19 heavy (non-hydrogen) atoms.